The molecular weight excluding hydrogens is 384 g/mol. The smallest absolute Gasteiger partial charge is 0.227 e. The van der Waals surface area contributed by atoms with Gasteiger partial charge < -0.3 is 23.8 Å². The molecule has 0 saturated heterocycles. The fraction of sp³-hybridized carbons (Fsp3) is 0.391. The molecule has 0 fully saturated rings. The number of carbonyl (C=O) groups excluding carboxylic acids is 1. The highest BCUT2D eigenvalue weighted by Gasteiger charge is 2.19. The molecule has 0 heterocycles. The number of nitrogens with zero attached hydrogens (tertiary/aromatic N) is 2. The summed E-state index contributed by atoms with van der Waals surface area (Å²) in [7, 11) is 4.66. The van der Waals surface area contributed by atoms with Gasteiger partial charge >= 0.3 is 0 Å². The maximum atomic E-state index is 13.0. The van der Waals surface area contributed by atoms with Gasteiger partial charge in [0, 0.05) is 18.7 Å². The van der Waals surface area contributed by atoms with E-state index in [0.29, 0.717) is 36.8 Å². The molecule has 1 amide bonds. The van der Waals surface area contributed by atoms with Crippen LogP contribution in [0.25, 0.3) is 0 Å². The molecular formula is C23H28N2O5. The van der Waals surface area contributed by atoms with Crippen molar-refractivity contribution in [2.24, 2.45) is 0 Å². The van der Waals surface area contributed by atoms with Crippen molar-refractivity contribution in [2.45, 2.75) is 26.2 Å². The van der Waals surface area contributed by atoms with Crippen LogP contribution in [0.4, 0.5) is 5.69 Å². The molecule has 0 aromatic heterocycles. The average molecular weight is 412 g/mol. The number of nitriles is 1. The summed E-state index contributed by atoms with van der Waals surface area (Å²) in [6, 6.07) is 13.1. The summed E-state index contributed by atoms with van der Waals surface area (Å²) in [6.45, 7) is 2.81. The Morgan fingerprint density at radius 1 is 1.00 bits per heavy atom. The van der Waals surface area contributed by atoms with E-state index in [1.54, 1.807) is 32.3 Å². The van der Waals surface area contributed by atoms with Crippen molar-refractivity contribution in [3.05, 3.63) is 42.0 Å². The van der Waals surface area contributed by atoms with Crippen molar-refractivity contribution in [2.75, 3.05) is 39.4 Å². The third-order valence-electron chi connectivity index (χ3n) is 4.60. The molecule has 0 saturated carbocycles. The first kappa shape index (κ1) is 22.9. The molecule has 0 atom stereocenters. The van der Waals surface area contributed by atoms with Crippen molar-refractivity contribution in [3.8, 4) is 29.1 Å². The summed E-state index contributed by atoms with van der Waals surface area (Å²) in [4.78, 5) is 14.6. The van der Waals surface area contributed by atoms with Crippen molar-refractivity contribution < 1.29 is 23.7 Å². The molecule has 7 nitrogen and oxygen atoms in total. The van der Waals surface area contributed by atoms with Crippen LogP contribution in [0.1, 0.15) is 25.3 Å². The Balaban J connectivity index is 2.19. The van der Waals surface area contributed by atoms with Crippen molar-refractivity contribution in [1.29, 1.82) is 5.26 Å². The van der Waals surface area contributed by atoms with E-state index in [2.05, 4.69) is 6.07 Å². The monoisotopic (exact) mass is 412 g/mol. The summed E-state index contributed by atoms with van der Waals surface area (Å²) < 4.78 is 21.7. The van der Waals surface area contributed by atoms with Gasteiger partial charge in [-0.3, -0.25) is 4.79 Å². The Morgan fingerprint density at radius 3 is 2.27 bits per heavy atom. The van der Waals surface area contributed by atoms with Gasteiger partial charge in [0.15, 0.2) is 11.5 Å². The second-order valence-corrected chi connectivity index (χ2v) is 6.37. The zero-order valence-corrected chi connectivity index (χ0v) is 17.9. The van der Waals surface area contributed by atoms with Crippen LogP contribution < -0.4 is 23.8 Å². The number of hydrogen-bond donors (Lipinski definition) is 0. The molecule has 0 spiro atoms. The third-order valence-corrected chi connectivity index (χ3v) is 4.60. The van der Waals surface area contributed by atoms with E-state index in [-0.39, 0.29) is 18.7 Å². The van der Waals surface area contributed by atoms with Gasteiger partial charge in [0.25, 0.3) is 0 Å². The molecule has 0 N–H and O–H groups in total. The summed E-state index contributed by atoms with van der Waals surface area (Å²) in [5.41, 5.74) is 1.58. The number of rotatable bonds is 11. The summed E-state index contributed by atoms with van der Waals surface area (Å²) in [6.07, 6.45) is 0.964. The lowest BCUT2D eigenvalue weighted by atomic mass is 10.1. The van der Waals surface area contributed by atoms with Crippen molar-refractivity contribution in [1.82, 2.24) is 0 Å². The van der Waals surface area contributed by atoms with Gasteiger partial charge in [-0.05, 0) is 49.2 Å². The van der Waals surface area contributed by atoms with E-state index in [4.69, 9.17) is 24.2 Å². The van der Waals surface area contributed by atoms with Crippen LogP contribution in [0.3, 0.4) is 0 Å². The van der Waals surface area contributed by atoms with E-state index in [9.17, 15) is 4.79 Å². The zero-order valence-electron chi connectivity index (χ0n) is 17.9. The first-order valence-electron chi connectivity index (χ1n) is 9.77. The lowest BCUT2D eigenvalue weighted by Crippen LogP contribution is -2.32. The van der Waals surface area contributed by atoms with Crippen molar-refractivity contribution >= 4 is 11.6 Å². The SMILES string of the molecule is CCOc1ccc(N(CCC#N)C(=O)CCc2ccc(OC)c(OC)c2OC)cc1. The number of methoxy groups -OCH3 is 3. The fourth-order valence-electron chi connectivity index (χ4n) is 3.19. The minimum atomic E-state index is -0.0775. The molecule has 7 heteroatoms. The molecule has 0 aliphatic heterocycles. The standard InChI is InChI=1S/C23H28N2O5/c1-5-30-19-11-9-18(10-12-19)25(16-6-15-24)21(26)14-8-17-7-13-20(27-2)23(29-4)22(17)28-3/h7,9-13H,5-6,8,14,16H2,1-4H3. The molecule has 2 rings (SSSR count). The second-order valence-electron chi connectivity index (χ2n) is 6.37. The quantitative estimate of drug-likeness (QED) is 0.555. The van der Waals surface area contributed by atoms with Crippen LogP contribution in [0.15, 0.2) is 36.4 Å². The largest absolute Gasteiger partial charge is 0.494 e. The second kappa shape index (κ2) is 11.6. The average Bonchev–Trinajstić information content (AvgIpc) is 2.78. The molecule has 0 bridgehead atoms. The number of ether oxygens (including phenoxy) is 4. The number of carbonyl (C=O) groups is 1. The Morgan fingerprint density at radius 2 is 1.70 bits per heavy atom. The molecule has 2 aromatic carbocycles. The molecule has 0 unspecified atom stereocenters. The molecule has 0 aliphatic carbocycles. The summed E-state index contributed by atoms with van der Waals surface area (Å²) in [5.74, 6) is 2.27. The van der Waals surface area contributed by atoms with Crippen LogP contribution >= 0.6 is 0 Å². The maximum Gasteiger partial charge on any atom is 0.227 e. The first-order chi connectivity index (χ1) is 14.6. The Bertz CT molecular complexity index is 874. The summed E-state index contributed by atoms with van der Waals surface area (Å²) in [5, 5.41) is 8.99. The van der Waals surface area contributed by atoms with Crippen molar-refractivity contribution in [3.63, 3.8) is 0 Å². The van der Waals surface area contributed by atoms with Crippen LogP contribution in [0, 0.1) is 11.3 Å². The van der Waals surface area contributed by atoms with Gasteiger partial charge in [-0.1, -0.05) is 6.07 Å². The molecule has 2 aromatic rings. The highest BCUT2D eigenvalue weighted by Crippen LogP contribution is 2.40. The molecule has 160 valence electrons. The lowest BCUT2D eigenvalue weighted by molar-refractivity contribution is -0.118. The van der Waals surface area contributed by atoms with Gasteiger partial charge in [0.05, 0.1) is 40.4 Å². The number of hydrogen-bond acceptors (Lipinski definition) is 6. The number of aryl methyl sites for hydroxylation is 1. The van der Waals surface area contributed by atoms with Gasteiger partial charge in [0.1, 0.15) is 5.75 Å². The van der Waals surface area contributed by atoms with Crippen LogP contribution in [-0.2, 0) is 11.2 Å². The Kier molecular flexibility index (Phi) is 8.82. The molecule has 0 radical (unpaired) electrons. The van der Waals surface area contributed by atoms with Crippen LogP contribution in [0.5, 0.6) is 23.0 Å². The number of benzene rings is 2. The normalized spacial score (nSPS) is 10.1. The first-order valence-corrected chi connectivity index (χ1v) is 9.77. The maximum absolute atomic E-state index is 13.0. The van der Waals surface area contributed by atoms with Gasteiger partial charge in [-0.25, -0.2) is 0 Å². The third kappa shape index (κ3) is 5.57. The number of anilines is 1. The summed E-state index contributed by atoms with van der Waals surface area (Å²) >= 11 is 0. The minimum absolute atomic E-state index is 0.0775. The van der Waals surface area contributed by atoms with Gasteiger partial charge in [0.2, 0.25) is 11.7 Å². The van der Waals surface area contributed by atoms with Gasteiger partial charge in [-0.2, -0.15) is 5.26 Å². The fourth-order valence-corrected chi connectivity index (χ4v) is 3.19. The molecule has 0 aliphatic rings. The van der Waals surface area contributed by atoms with Gasteiger partial charge in [-0.15, -0.1) is 0 Å². The molecule has 30 heavy (non-hydrogen) atoms. The topological polar surface area (TPSA) is 81.0 Å². The Hall–Kier alpha value is -3.40. The van der Waals surface area contributed by atoms with E-state index in [1.807, 2.05) is 37.3 Å². The van der Waals surface area contributed by atoms with E-state index in [1.165, 1.54) is 0 Å². The Labute approximate surface area is 177 Å². The predicted octanol–water partition coefficient (Wildman–Crippen LogP) is 3.99. The van der Waals surface area contributed by atoms with E-state index in [0.717, 1.165) is 17.0 Å². The minimum Gasteiger partial charge on any atom is -0.494 e. The highest BCUT2D eigenvalue weighted by molar-refractivity contribution is 5.93. The number of amides is 1. The van der Waals surface area contributed by atoms with E-state index >= 15 is 0 Å². The zero-order chi connectivity index (χ0) is 21.9. The van der Waals surface area contributed by atoms with E-state index < -0.39 is 0 Å². The predicted molar refractivity (Wildman–Crippen MR) is 115 cm³/mol. The van der Waals surface area contributed by atoms with Crippen LogP contribution in [-0.4, -0.2) is 40.4 Å². The van der Waals surface area contributed by atoms with Crippen LogP contribution in [0.2, 0.25) is 0 Å². The highest BCUT2D eigenvalue weighted by atomic mass is 16.5. The lowest BCUT2D eigenvalue weighted by Gasteiger charge is -2.22.